The number of hydrogen-bond donors (Lipinski definition) is 0. The number of amides is 1. The molecule has 0 unspecified atom stereocenters. The molecule has 1 fully saturated rings. The molecular weight excluding hydrogens is 340 g/mol. The molecule has 0 N–H and O–H groups in total. The van der Waals surface area contributed by atoms with Crippen molar-refractivity contribution in [2.75, 3.05) is 40.4 Å². The van der Waals surface area contributed by atoms with Crippen LogP contribution in [0.1, 0.15) is 0 Å². The van der Waals surface area contributed by atoms with E-state index in [-0.39, 0.29) is 36.8 Å². The summed E-state index contributed by atoms with van der Waals surface area (Å²) in [4.78, 5) is 23.0. The summed E-state index contributed by atoms with van der Waals surface area (Å²) in [6, 6.07) is 4.24. The lowest BCUT2D eigenvalue weighted by Gasteiger charge is -2.34. The Morgan fingerprint density at radius 3 is 2.12 bits per heavy atom. The van der Waals surface area contributed by atoms with E-state index in [4.69, 9.17) is 9.47 Å². The van der Waals surface area contributed by atoms with Gasteiger partial charge in [-0.3, -0.25) is 4.79 Å². The lowest BCUT2D eigenvalue weighted by molar-refractivity contribution is -0.301. The zero-order valence-corrected chi connectivity index (χ0v) is 14.0. The van der Waals surface area contributed by atoms with E-state index in [2.05, 4.69) is 0 Å². The highest BCUT2D eigenvalue weighted by Crippen LogP contribution is 2.30. The Hall–Kier alpha value is -2.33. The number of aliphatic carboxylic acids is 1. The molecule has 1 aromatic rings. The van der Waals surface area contributed by atoms with E-state index in [1.807, 2.05) is 0 Å². The van der Waals surface area contributed by atoms with Crippen LogP contribution < -0.4 is 14.6 Å². The maximum atomic E-state index is 12.7. The molecule has 10 heteroatoms. The largest absolute Gasteiger partial charge is 0.540 e. The normalized spacial score (nSPS) is 15.8. The van der Waals surface area contributed by atoms with Crippen LogP contribution in [0.4, 0.5) is 0 Å². The number of ether oxygens (including phenoxy) is 2. The van der Waals surface area contributed by atoms with E-state index in [0.29, 0.717) is 5.75 Å². The first-order valence-electron chi connectivity index (χ1n) is 7.03. The SMILES string of the molecule is COc1ccc(S(=O)(=O)N2CCN(C(=O)C(=O)[O-])CC2)cc1OC. The number of sulfonamides is 1. The van der Waals surface area contributed by atoms with Gasteiger partial charge in [0, 0.05) is 32.2 Å². The van der Waals surface area contributed by atoms with Crippen LogP contribution in [0.3, 0.4) is 0 Å². The number of carboxylic acid groups (broad SMARTS) is 1. The summed E-state index contributed by atoms with van der Waals surface area (Å²) in [5.74, 6) is -2.26. The number of carbonyl (C=O) groups excluding carboxylic acids is 2. The molecule has 1 heterocycles. The average molecular weight is 357 g/mol. The molecule has 2 rings (SSSR count). The minimum Gasteiger partial charge on any atom is -0.540 e. The summed E-state index contributed by atoms with van der Waals surface area (Å²) in [7, 11) is -0.947. The Bertz CT molecular complexity index is 739. The third-order valence-electron chi connectivity index (χ3n) is 3.69. The van der Waals surface area contributed by atoms with Crippen LogP contribution in [0.2, 0.25) is 0 Å². The molecule has 1 amide bonds. The molecule has 0 aromatic heterocycles. The predicted molar refractivity (Wildman–Crippen MR) is 79.9 cm³/mol. The van der Waals surface area contributed by atoms with Gasteiger partial charge in [0.15, 0.2) is 11.5 Å². The Balaban J connectivity index is 2.18. The van der Waals surface area contributed by atoms with Gasteiger partial charge in [-0.1, -0.05) is 0 Å². The Kier molecular flexibility index (Phi) is 5.30. The summed E-state index contributed by atoms with van der Waals surface area (Å²) >= 11 is 0. The Morgan fingerprint density at radius 2 is 1.62 bits per heavy atom. The minimum absolute atomic E-state index is 0.00427. The topological polar surface area (TPSA) is 116 Å². The van der Waals surface area contributed by atoms with Gasteiger partial charge in [-0.25, -0.2) is 8.42 Å². The molecule has 0 radical (unpaired) electrons. The lowest BCUT2D eigenvalue weighted by Crippen LogP contribution is -2.54. The van der Waals surface area contributed by atoms with Crippen molar-refractivity contribution in [2.45, 2.75) is 4.90 Å². The van der Waals surface area contributed by atoms with Gasteiger partial charge in [0.25, 0.3) is 5.91 Å². The quantitative estimate of drug-likeness (QED) is 0.589. The van der Waals surface area contributed by atoms with Crippen molar-refractivity contribution < 1.29 is 32.6 Å². The van der Waals surface area contributed by atoms with Crippen molar-refractivity contribution in [3.05, 3.63) is 18.2 Å². The molecule has 132 valence electrons. The molecule has 1 aliphatic heterocycles. The summed E-state index contributed by atoms with van der Waals surface area (Å²) < 4.78 is 36.7. The second-order valence-electron chi connectivity index (χ2n) is 5.00. The molecule has 0 saturated carbocycles. The fraction of sp³-hybridized carbons (Fsp3) is 0.429. The zero-order valence-electron chi connectivity index (χ0n) is 13.2. The van der Waals surface area contributed by atoms with Gasteiger partial charge in [0.2, 0.25) is 10.0 Å². The second-order valence-corrected chi connectivity index (χ2v) is 6.94. The van der Waals surface area contributed by atoms with Crippen LogP contribution in [-0.4, -0.2) is 69.9 Å². The van der Waals surface area contributed by atoms with Gasteiger partial charge in [0.1, 0.15) is 5.97 Å². The average Bonchev–Trinajstić information content (AvgIpc) is 2.60. The number of rotatable bonds is 4. The third kappa shape index (κ3) is 3.44. The molecule has 0 spiro atoms. The first kappa shape index (κ1) is 18.0. The Morgan fingerprint density at radius 1 is 1.04 bits per heavy atom. The van der Waals surface area contributed by atoms with E-state index in [1.165, 1.54) is 36.7 Å². The molecule has 24 heavy (non-hydrogen) atoms. The maximum Gasteiger partial charge on any atom is 0.269 e. The Labute approximate surface area is 139 Å². The van der Waals surface area contributed by atoms with Crippen LogP contribution in [0.15, 0.2) is 23.1 Å². The molecule has 0 aliphatic carbocycles. The van der Waals surface area contributed by atoms with E-state index in [0.717, 1.165) is 4.90 Å². The van der Waals surface area contributed by atoms with E-state index < -0.39 is 21.9 Å². The standard InChI is InChI=1S/C14H18N2O7S/c1-22-11-4-3-10(9-12(11)23-2)24(20,21)16-7-5-15(6-8-16)13(17)14(18)19/h3-4,9H,5-8H2,1-2H3,(H,18,19)/p-1. The van der Waals surface area contributed by atoms with Crippen LogP contribution in [0.25, 0.3) is 0 Å². The van der Waals surface area contributed by atoms with Crippen LogP contribution >= 0.6 is 0 Å². The van der Waals surface area contributed by atoms with E-state index in [9.17, 15) is 23.1 Å². The summed E-state index contributed by atoms with van der Waals surface area (Å²) in [6.07, 6.45) is 0. The second kappa shape index (κ2) is 7.05. The van der Waals surface area contributed by atoms with Gasteiger partial charge >= 0.3 is 0 Å². The molecule has 0 atom stereocenters. The molecule has 1 saturated heterocycles. The van der Waals surface area contributed by atoms with Gasteiger partial charge in [-0.05, 0) is 12.1 Å². The van der Waals surface area contributed by atoms with Crippen molar-refractivity contribution in [2.24, 2.45) is 0 Å². The molecule has 1 aliphatic rings. The first-order chi connectivity index (χ1) is 11.3. The summed E-state index contributed by atoms with van der Waals surface area (Å²) in [5, 5.41) is 10.6. The van der Waals surface area contributed by atoms with E-state index >= 15 is 0 Å². The number of hydrogen-bond acceptors (Lipinski definition) is 7. The van der Waals surface area contributed by atoms with Crippen molar-refractivity contribution in [1.82, 2.24) is 9.21 Å². The van der Waals surface area contributed by atoms with Crippen molar-refractivity contribution >= 4 is 21.9 Å². The van der Waals surface area contributed by atoms with Crippen LogP contribution in [0.5, 0.6) is 11.5 Å². The van der Waals surface area contributed by atoms with Gasteiger partial charge in [-0.15, -0.1) is 0 Å². The van der Waals surface area contributed by atoms with Gasteiger partial charge < -0.3 is 24.3 Å². The van der Waals surface area contributed by atoms with Gasteiger partial charge in [-0.2, -0.15) is 4.31 Å². The van der Waals surface area contributed by atoms with Crippen molar-refractivity contribution in [1.29, 1.82) is 0 Å². The van der Waals surface area contributed by atoms with Crippen molar-refractivity contribution in [3.8, 4) is 11.5 Å². The highest BCUT2D eigenvalue weighted by atomic mass is 32.2. The summed E-state index contributed by atoms with van der Waals surface area (Å²) in [5.41, 5.74) is 0. The molecule has 9 nitrogen and oxygen atoms in total. The molecule has 0 bridgehead atoms. The van der Waals surface area contributed by atoms with Crippen molar-refractivity contribution in [3.63, 3.8) is 0 Å². The third-order valence-corrected chi connectivity index (χ3v) is 5.59. The number of piperazine rings is 1. The number of carboxylic acids is 1. The van der Waals surface area contributed by atoms with Crippen LogP contribution in [0, 0.1) is 0 Å². The highest BCUT2D eigenvalue weighted by molar-refractivity contribution is 7.89. The fourth-order valence-electron chi connectivity index (χ4n) is 2.39. The van der Waals surface area contributed by atoms with Crippen LogP contribution in [-0.2, 0) is 19.6 Å². The minimum atomic E-state index is -3.79. The van der Waals surface area contributed by atoms with Gasteiger partial charge in [0.05, 0.1) is 19.1 Å². The number of methoxy groups -OCH3 is 2. The number of carbonyl (C=O) groups is 2. The number of nitrogens with zero attached hydrogens (tertiary/aromatic N) is 2. The smallest absolute Gasteiger partial charge is 0.269 e. The molecule has 1 aromatic carbocycles. The lowest BCUT2D eigenvalue weighted by atomic mass is 10.3. The summed E-state index contributed by atoms with van der Waals surface area (Å²) in [6.45, 7) is -0.0376. The predicted octanol–water partition coefficient (Wildman–Crippen LogP) is -1.71. The monoisotopic (exact) mass is 357 g/mol. The number of benzene rings is 1. The zero-order chi connectivity index (χ0) is 17.9. The van der Waals surface area contributed by atoms with E-state index in [1.54, 1.807) is 0 Å². The molecular formula is C14H17N2O7S-. The fourth-order valence-corrected chi connectivity index (χ4v) is 3.82. The first-order valence-corrected chi connectivity index (χ1v) is 8.47. The highest BCUT2D eigenvalue weighted by Gasteiger charge is 2.30. The maximum absolute atomic E-state index is 12.7.